The second kappa shape index (κ2) is 8.83. The van der Waals surface area contributed by atoms with Gasteiger partial charge in [0.2, 0.25) is 10.0 Å². The van der Waals surface area contributed by atoms with Gasteiger partial charge in [0.1, 0.15) is 0 Å². The van der Waals surface area contributed by atoms with E-state index in [0.717, 1.165) is 30.2 Å². The molecule has 2 fully saturated rings. The van der Waals surface area contributed by atoms with E-state index in [2.05, 4.69) is 20.0 Å². The van der Waals surface area contributed by atoms with E-state index >= 15 is 0 Å². The third-order valence-electron chi connectivity index (χ3n) is 5.22. The highest BCUT2D eigenvalue weighted by molar-refractivity contribution is 7.88. The second-order valence-corrected chi connectivity index (χ2v) is 9.55. The minimum atomic E-state index is -3.37. The van der Waals surface area contributed by atoms with Crippen LogP contribution >= 0.6 is 11.6 Å². The van der Waals surface area contributed by atoms with E-state index in [1.807, 2.05) is 6.07 Å². The summed E-state index contributed by atoms with van der Waals surface area (Å²) in [5.74, 6) is 0.825. The van der Waals surface area contributed by atoms with Crippen molar-refractivity contribution in [3.63, 3.8) is 0 Å². The highest BCUT2D eigenvalue weighted by Crippen LogP contribution is 2.22. The molecule has 0 saturated carbocycles. The maximum absolute atomic E-state index is 12.8. The molecule has 29 heavy (non-hydrogen) atoms. The normalized spacial score (nSPS) is 18.8. The molecule has 0 radical (unpaired) electrons. The minimum Gasteiger partial charge on any atom is -0.378 e. The number of halogens is 1. The van der Waals surface area contributed by atoms with E-state index in [1.165, 1.54) is 0 Å². The first-order valence-corrected chi connectivity index (χ1v) is 11.6. The molecular weight excluding hydrogens is 414 g/mol. The number of nitrogens with zero attached hydrogens (tertiary/aromatic N) is 5. The molecule has 8 nitrogen and oxygen atoms in total. The summed E-state index contributed by atoms with van der Waals surface area (Å²) in [7, 11) is -3.37. The molecule has 1 aromatic carbocycles. The van der Waals surface area contributed by atoms with Crippen LogP contribution in [0.3, 0.4) is 0 Å². The number of hydrogen-bond donors (Lipinski definition) is 0. The Kier molecular flexibility index (Phi) is 6.19. The van der Waals surface area contributed by atoms with Crippen molar-refractivity contribution in [2.24, 2.45) is 0 Å². The largest absolute Gasteiger partial charge is 0.378 e. The molecule has 0 N–H and O–H groups in total. The molecule has 3 heterocycles. The van der Waals surface area contributed by atoms with Crippen molar-refractivity contribution in [1.82, 2.24) is 14.5 Å². The smallest absolute Gasteiger partial charge is 0.218 e. The van der Waals surface area contributed by atoms with Crippen LogP contribution in [0.15, 0.2) is 36.5 Å². The highest BCUT2D eigenvalue weighted by Gasteiger charge is 2.27. The average molecular weight is 438 g/mol. The number of sulfonamides is 1. The Morgan fingerprint density at radius 3 is 2.34 bits per heavy atom. The summed E-state index contributed by atoms with van der Waals surface area (Å²) in [6, 6.07) is 8.97. The van der Waals surface area contributed by atoms with Gasteiger partial charge in [-0.25, -0.2) is 8.42 Å². The summed E-state index contributed by atoms with van der Waals surface area (Å²) in [5.41, 5.74) is 1.71. The molecule has 2 aliphatic heterocycles. The summed E-state index contributed by atoms with van der Waals surface area (Å²) >= 11 is 5.88. The summed E-state index contributed by atoms with van der Waals surface area (Å²) in [6.45, 7) is 5.12. The number of benzene rings is 1. The molecular formula is C19H24ClN5O3S. The zero-order valence-electron chi connectivity index (χ0n) is 16.1. The SMILES string of the molecule is O=S(=O)(Cc1ccc(Cl)cc1)N1CCN(c2cnnc(N3CCOCC3)c2)CC1. The van der Waals surface area contributed by atoms with Gasteiger partial charge in [-0.3, -0.25) is 0 Å². The quantitative estimate of drug-likeness (QED) is 0.703. The third-order valence-corrected chi connectivity index (χ3v) is 7.32. The molecule has 0 amide bonds. The number of aromatic nitrogens is 2. The Bertz CT molecular complexity index is 927. The van der Waals surface area contributed by atoms with E-state index in [-0.39, 0.29) is 5.75 Å². The van der Waals surface area contributed by atoms with Crippen molar-refractivity contribution >= 4 is 33.1 Å². The lowest BCUT2D eigenvalue weighted by Gasteiger charge is -2.35. The van der Waals surface area contributed by atoms with Crippen molar-refractivity contribution in [2.75, 3.05) is 62.3 Å². The first-order chi connectivity index (χ1) is 14.0. The Hall–Kier alpha value is -1.94. The summed E-state index contributed by atoms with van der Waals surface area (Å²) in [4.78, 5) is 4.32. The number of rotatable bonds is 5. The van der Waals surface area contributed by atoms with Crippen LogP contribution in [0.5, 0.6) is 0 Å². The van der Waals surface area contributed by atoms with Crippen molar-refractivity contribution in [2.45, 2.75) is 5.75 Å². The van der Waals surface area contributed by atoms with Crippen LogP contribution in [-0.4, -0.2) is 75.4 Å². The number of anilines is 2. The van der Waals surface area contributed by atoms with Crippen LogP contribution in [0.4, 0.5) is 11.5 Å². The first kappa shape index (κ1) is 20.3. The van der Waals surface area contributed by atoms with Gasteiger partial charge in [-0.05, 0) is 17.7 Å². The minimum absolute atomic E-state index is 0.0117. The van der Waals surface area contributed by atoms with Crippen LogP contribution in [0.2, 0.25) is 5.02 Å². The fraction of sp³-hybridized carbons (Fsp3) is 0.474. The zero-order valence-corrected chi connectivity index (χ0v) is 17.6. The summed E-state index contributed by atoms with van der Waals surface area (Å²) in [5, 5.41) is 8.99. The lowest BCUT2D eigenvalue weighted by Crippen LogP contribution is -2.49. The number of piperazine rings is 1. The fourth-order valence-corrected chi connectivity index (χ4v) is 5.21. The van der Waals surface area contributed by atoms with E-state index < -0.39 is 10.0 Å². The monoisotopic (exact) mass is 437 g/mol. The van der Waals surface area contributed by atoms with Crippen molar-refractivity contribution in [3.8, 4) is 0 Å². The van der Waals surface area contributed by atoms with Crippen molar-refractivity contribution in [3.05, 3.63) is 47.1 Å². The molecule has 2 aliphatic rings. The molecule has 2 saturated heterocycles. The van der Waals surface area contributed by atoms with Crippen LogP contribution in [0.25, 0.3) is 0 Å². The molecule has 10 heteroatoms. The number of ether oxygens (including phenoxy) is 1. The first-order valence-electron chi connectivity index (χ1n) is 9.64. The number of morpholine rings is 1. The maximum atomic E-state index is 12.8. The van der Waals surface area contributed by atoms with E-state index in [9.17, 15) is 8.42 Å². The highest BCUT2D eigenvalue weighted by atomic mass is 35.5. The van der Waals surface area contributed by atoms with Crippen molar-refractivity contribution < 1.29 is 13.2 Å². The van der Waals surface area contributed by atoms with E-state index in [4.69, 9.17) is 16.3 Å². The standard InChI is InChI=1S/C19H24ClN5O3S/c20-17-3-1-16(2-4-17)15-29(26,27)25-7-5-23(6-8-25)18-13-19(22-21-14-18)24-9-11-28-12-10-24/h1-4,13-14H,5-12,15H2. The average Bonchev–Trinajstić information content (AvgIpc) is 2.76. The van der Waals surface area contributed by atoms with Crippen LogP contribution in [0, 0.1) is 0 Å². The van der Waals surface area contributed by atoms with Gasteiger partial charge in [-0.15, -0.1) is 5.10 Å². The topological polar surface area (TPSA) is 78.9 Å². The molecule has 1 aromatic heterocycles. The molecule has 0 bridgehead atoms. The molecule has 0 atom stereocenters. The predicted molar refractivity (Wildman–Crippen MR) is 113 cm³/mol. The fourth-order valence-electron chi connectivity index (χ4n) is 3.57. The molecule has 4 rings (SSSR count). The van der Waals surface area contributed by atoms with Crippen molar-refractivity contribution in [1.29, 1.82) is 0 Å². The van der Waals surface area contributed by atoms with Crippen LogP contribution < -0.4 is 9.80 Å². The lowest BCUT2D eigenvalue weighted by molar-refractivity contribution is 0.122. The molecule has 0 unspecified atom stereocenters. The van der Waals surface area contributed by atoms with Crippen LogP contribution in [0.1, 0.15) is 5.56 Å². The van der Waals surface area contributed by atoms with Gasteiger partial charge in [0.15, 0.2) is 5.82 Å². The van der Waals surface area contributed by atoms with Gasteiger partial charge in [-0.2, -0.15) is 9.40 Å². The van der Waals surface area contributed by atoms with Gasteiger partial charge in [0.25, 0.3) is 0 Å². The Morgan fingerprint density at radius 2 is 1.66 bits per heavy atom. The second-order valence-electron chi connectivity index (χ2n) is 7.14. The van der Waals surface area contributed by atoms with Gasteiger partial charge in [-0.1, -0.05) is 23.7 Å². The summed E-state index contributed by atoms with van der Waals surface area (Å²) in [6.07, 6.45) is 1.74. The zero-order chi connectivity index (χ0) is 20.3. The molecule has 0 aliphatic carbocycles. The van der Waals surface area contributed by atoms with Gasteiger partial charge < -0.3 is 14.5 Å². The molecule has 2 aromatic rings. The Morgan fingerprint density at radius 1 is 0.966 bits per heavy atom. The third kappa shape index (κ3) is 4.98. The predicted octanol–water partition coefficient (Wildman–Crippen LogP) is 1.62. The lowest BCUT2D eigenvalue weighted by atomic mass is 10.2. The van der Waals surface area contributed by atoms with E-state index in [0.29, 0.717) is 44.4 Å². The molecule has 0 spiro atoms. The van der Waals surface area contributed by atoms with Crippen LogP contribution in [-0.2, 0) is 20.5 Å². The van der Waals surface area contributed by atoms with Gasteiger partial charge in [0.05, 0.1) is 30.9 Å². The molecule has 156 valence electrons. The van der Waals surface area contributed by atoms with Gasteiger partial charge >= 0.3 is 0 Å². The Balaban J connectivity index is 1.38. The maximum Gasteiger partial charge on any atom is 0.218 e. The van der Waals surface area contributed by atoms with E-state index in [1.54, 1.807) is 34.8 Å². The number of hydrogen-bond acceptors (Lipinski definition) is 7. The van der Waals surface area contributed by atoms with Gasteiger partial charge in [0, 0.05) is 50.4 Å². The summed E-state index contributed by atoms with van der Waals surface area (Å²) < 4.78 is 32.5. The Labute approximate surface area is 176 Å².